The first-order valence-corrected chi connectivity index (χ1v) is 7.71. The van der Waals surface area contributed by atoms with Gasteiger partial charge in [-0.05, 0) is 36.4 Å². The van der Waals surface area contributed by atoms with Gasteiger partial charge >= 0.3 is 0 Å². The number of piperazine rings is 1. The number of hydrogen-bond acceptors (Lipinski definition) is 4. The van der Waals surface area contributed by atoms with Crippen LogP contribution in [0.5, 0.6) is 17.2 Å². The van der Waals surface area contributed by atoms with Gasteiger partial charge < -0.3 is 19.7 Å². The number of para-hydroxylation sites is 1. The number of ether oxygens (including phenoxy) is 2. The minimum absolute atomic E-state index is 0.0893. The van der Waals surface area contributed by atoms with Crippen molar-refractivity contribution < 1.29 is 19.1 Å². The Bertz CT molecular complexity index is 701. The molecular formula is C18H18N2O4. The normalized spacial score (nSPS) is 14.0. The maximum atomic E-state index is 12.0. The number of nitrogens with one attached hydrogen (secondary N) is 1. The van der Waals surface area contributed by atoms with Crippen LogP contribution >= 0.6 is 0 Å². The lowest BCUT2D eigenvalue weighted by Crippen LogP contribution is -2.51. The van der Waals surface area contributed by atoms with Crippen LogP contribution in [0.15, 0.2) is 54.6 Å². The van der Waals surface area contributed by atoms with Crippen molar-refractivity contribution >= 4 is 11.8 Å². The summed E-state index contributed by atoms with van der Waals surface area (Å²) < 4.78 is 11.2. The first-order valence-electron chi connectivity index (χ1n) is 7.71. The third kappa shape index (κ3) is 4.25. The second-order valence-electron chi connectivity index (χ2n) is 5.34. The van der Waals surface area contributed by atoms with Crippen LogP contribution in [0.4, 0.5) is 0 Å². The number of benzene rings is 2. The maximum absolute atomic E-state index is 12.0. The standard InChI is InChI=1S/C18H18N2O4/c21-17-12-20(11-10-19-17)18(22)13-23-14-6-8-16(9-7-14)24-15-4-2-1-3-5-15/h1-9H,10-13H2,(H,19,21). The molecular weight excluding hydrogens is 308 g/mol. The van der Waals surface area contributed by atoms with Gasteiger partial charge in [-0.2, -0.15) is 0 Å². The Morgan fingerprint density at radius 3 is 2.38 bits per heavy atom. The molecule has 2 aromatic rings. The lowest BCUT2D eigenvalue weighted by atomic mass is 10.3. The molecule has 1 aliphatic rings. The third-order valence-corrected chi connectivity index (χ3v) is 3.56. The van der Waals surface area contributed by atoms with E-state index in [9.17, 15) is 9.59 Å². The number of rotatable bonds is 5. The molecule has 0 atom stereocenters. The summed E-state index contributed by atoms with van der Waals surface area (Å²) in [7, 11) is 0. The van der Waals surface area contributed by atoms with Crippen molar-refractivity contribution in [1.29, 1.82) is 0 Å². The first-order chi connectivity index (χ1) is 11.7. The molecule has 3 rings (SSSR count). The smallest absolute Gasteiger partial charge is 0.261 e. The van der Waals surface area contributed by atoms with Gasteiger partial charge in [0.25, 0.3) is 5.91 Å². The van der Waals surface area contributed by atoms with Crippen molar-refractivity contribution in [2.45, 2.75) is 0 Å². The van der Waals surface area contributed by atoms with Gasteiger partial charge in [0.05, 0.1) is 6.54 Å². The van der Waals surface area contributed by atoms with Crippen LogP contribution in [0.1, 0.15) is 0 Å². The van der Waals surface area contributed by atoms with Crippen molar-refractivity contribution in [1.82, 2.24) is 10.2 Å². The van der Waals surface area contributed by atoms with E-state index < -0.39 is 0 Å². The summed E-state index contributed by atoms with van der Waals surface area (Å²) in [6.45, 7) is 0.992. The maximum Gasteiger partial charge on any atom is 0.261 e. The third-order valence-electron chi connectivity index (χ3n) is 3.56. The van der Waals surface area contributed by atoms with Gasteiger partial charge in [-0.15, -0.1) is 0 Å². The van der Waals surface area contributed by atoms with E-state index in [0.717, 1.165) is 5.75 Å². The lowest BCUT2D eigenvalue weighted by Gasteiger charge is -2.26. The van der Waals surface area contributed by atoms with Crippen molar-refractivity contribution in [2.75, 3.05) is 26.2 Å². The average Bonchev–Trinajstić information content (AvgIpc) is 2.62. The minimum Gasteiger partial charge on any atom is -0.484 e. The molecule has 0 unspecified atom stereocenters. The van der Waals surface area contributed by atoms with Gasteiger partial charge in [-0.3, -0.25) is 9.59 Å². The molecule has 0 bridgehead atoms. The van der Waals surface area contributed by atoms with Crippen molar-refractivity contribution in [2.24, 2.45) is 0 Å². The summed E-state index contributed by atoms with van der Waals surface area (Å²) in [5.74, 6) is 1.67. The molecule has 2 aromatic carbocycles. The minimum atomic E-state index is -0.200. The second kappa shape index (κ2) is 7.50. The summed E-state index contributed by atoms with van der Waals surface area (Å²) in [6.07, 6.45) is 0. The molecule has 6 nitrogen and oxygen atoms in total. The quantitative estimate of drug-likeness (QED) is 0.910. The number of amides is 2. The summed E-state index contributed by atoms with van der Waals surface area (Å²) in [6, 6.07) is 16.5. The summed E-state index contributed by atoms with van der Waals surface area (Å²) in [4.78, 5) is 24.8. The molecule has 1 N–H and O–H groups in total. The van der Waals surface area contributed by atoms with Crippen LogP contribution in [0.2, 0.25) is 0 Å². The topological polar surface area (TPSA) is 67.9 Å². The Morgan fingerprint density at radius 1 is 1.00 bits per heavy atom. The number of hydrogen-bond donors (Lipinski definition) is 1. The van der Waals surface area contributed by atoms with E-state index in [1.807, 2.05) is 30.3 Å². The lowest BCUT2D eigenvalue weighted by molar-refractivity contribution is -0.139. The SMILES string of the molecule is O=C1CN(C(=O)COc2ccc(Oc3ccccc3)cc2)CCN1. The van der Waals surface area contributed by atoms with Crippen LogP contribution in [0.25, 0.3) is 0 Å². The predicted octanol–water partition coefficient (Wildman–Crippen LogP) is 1.82. The van der Waals surface area contributed by atoms with Gasteiger partial charge in [-0.1, -0.05) is 18.2 Å². The Hall–Kier alpha value is -3.02. The largest absolute Gasteiger partial charge is 0.484 e. The van der Waals surface area contributed by atoms with Gasteiger partial charge in [0, 0.05) is 13.1 Å². The van der Waals surface area contributed by atoms with E-state index >= 15 is 0 Å². The molecule has 0 saturated carbocycles. The van der Waals surface area contributed by atoms with E-state index in [1.165, 1.54) is 4.90 Å². The highest BCUT2D eigenvalue weighted by Gasteiger charge is 2.21. The zero-order chi connectivity index (χ0) is 16.8. The molecule has 0 aliphatic carbocycles. The Labute approximate surface area is 140 Å². The molecule has 0 spiro atoms. The Morgan fingerprint density at radius 2 is 1.67 bits per heavy atom. The molecule has 6 heteroatoms. The molecule has 1 saturated heterocycles. The molecule has 1 heterocycles. The van der Waals surface area contributed by atoms with Crippen molar-refractivity contribution in [3.63, 3.8) is 0 Å². The molecule has 2 amide bonds. The zero-order valence-corrected chi connectivity index (χ0v) is 13.1. The zero-order valence-electron chi connectivity index (χ0n) is 13.1. The van der Waals surface area contributed by atoms with E-state index in [1.54, 1.807) is 24.3 Å². The van der Waals surface area contributed by atoms with Crippen molar-refractivity contribution in [3.8, 4) is 17.2 Å². The summed E-state index contributed by atoms with van der Waals surface area (Å²) in [5, 5.41) is 2.68. The monoisotopic (exact) mass is 326 g/mol. The second-order valence-corrected chi connectivity index (χ2v) is 5.34. The van der Waals surface area contributed by atoms with Crippen molar-refractivity contribution in [3.05, 3.63) is 54.6 Å². The van der Waals surface area contributed by atoms with Crippen LogP contribution < -0.4 is 14.8 Å². The van der Waals surface area contributed by atoms with Gasteiger partial charge in [0.1, 0.15) is 17.2 Å². The van der Waals surface area contributed by atoms with Gasteiger partial charge in [-0.25, -0.2) is 0 Å². The molecule has 24 heavy (non-hydrogen) atoms. The van der Waals surface area contributed by atoms with Gasteiger partial charge in [0.2, 0.25) is 5.91 Å². The fraction of sp³-hybridized carbons (Fsp3) is 0.222. The van der Waals surface area contributed by atoms with E-state index in [0.29, 0.717) is 24.6 Å². The highest BCUT2D eigenvalue weighted by molar-refractivity contribution is 5.86. The highest BCUT2D eigenvalue weighted by Crippen LogP contribution is 2.23. The van der Waals surface area contributed by atoms with E-state index in [4.69, 9.17) is 9.47 Å². The van der Waals surface area contributed by atoms with Crippen LogP contribution in [-0.2, 0) is 9.59 Å². The Kier molecular flexibility index (Phi) is 4.96. The number of carbonyl (C=O) groups excluding carboxylic acids is 2. The molecule has 1 aliphatic heterocycles. The van der Waals surface area contributed by atoms with Crippen LogP contribution in [0, 0.1) is 0 Å². The highest BCUT2D eigenvalue weighted by atomic mass is 16.5. The fourth-order valence-corrected chi connectivity index (χ4v) is 2.32. The fourth-order valence-electron chi connectivity index (χ4n) is 2.32. The molecule has 0 aromatic heterocycles. The Balaban J connectivity index is 1.51. The first kappa shape index (κ1) is 15.9. The number of nitrogens with zero attached hydrogens (tertiary/aromatic N) is 1. The summed E-state index contributed by atoms with van der Waals surface area (Å²) in [5.41, 5.74) is 0. The van der Waals surface area contributed by atoms with Gasteiger partial charge in [0.15, 0.2) is 6.61 Å². The van der Waals surface area contributed by atoms with E-state index in [2.05, 4.69) is 5.32 Å². The predicted molar refractivity (Wildman–Crippen MR) is 88.0 cm³/mol. The van der Waals surface area contributed by atoms with E-state index in [-0.39, 0.29) is 25.0 Å². The van der Waals surface area contributed by atoms with Crippen LogP contribution in [-0.4, -0.2) is 43.0 Å². The number of carbonyl (C=O) groups is 2. The van der Waals surface area contributed by atoms with Crippen LogP contribution in [0.3, 0.4) is 0 Å². The summed E-state index contributed by atoms with van der Waals surface area (Å²) >= 11 is 0. The average molecular weight is 326 g/mol. The molecule has 0 radical (unpaired) electrons. The molecule has 1 fully saturated rings. The molecule has 124 valence electrons.